The Kier molecular flexibility index (Phi) is 11.1. The molecule has 2 aromatic carbocycles. The number of hydrogen-bond acceptors (Lipinski definition) is 7. The van der Waals surface area contributed by atoms with Crippen molar-refractivity contribution in [1.29, 1.82) is 0 Å². The summed E-state index contributed by atoms with van der Waals surface area (Å²) in [6.07, 6.45) is 4.29. The van der Waals surface area contributed by atoms with Crippen LogP contribution in [0, 0.1) is 17.8 Å². The molecule has 5 amide bonds. The van der Waals surface area contributed by atoms with Gasteiger partial charge in [-0.15, -0.1) is 6.58 Å². The summed E-state index contributed by atoms with van der Waals surface area (Å²) in [6.45, 7) is 8.36. The van der Waals surface area contributed by atoms with E-state index in [1.165, 1.54) is 17.9 Å². The van der Waals surface area contributed by atoms with Gasteiger partial charge in [0.15, 0.2) is 0 Å². The molecule has 1 saturated heterocycles. The average molecular weight is 690 g/mol. The lowest BCUT2D eigenvalue weighted by Crippen LogP contribution is -2.60. The van der Waals surface area contributed by atoms with Gasteiger partial charge in [-0.3, -0.25) is 24.5 Å². The molecule has 3 aliphatic rings. The van der Waals surface area contributed by atoms with Gasteiger partial charge in [-0.05, 0) is 42.6 Å². The van der Waals surface area contributed by atoms with Gasteiger partial charge in [-0.2, -0.15) is 0 Å². The Bertz CT molecular complexity index is 1650. The first kappa shape index (κ1) is 36.3. The molecular weight excluding hydrogens is 642 g/mol. The van der Waals surface area contributed by atoms with E-state index in [0.717, 1.165) is 42.9 Å². The Morgan fingerprint density at radius 1 is 1.00 bits per heavy atom. The molecule has 3 fully saturated rings. The minimum absolute atomic E-state index is 0.0811. The minimum atomic E-state index is -1.55. The summed E-state index contributed by atoms with van der Waals surface area (Å²) in [5.41, 5.74) is -1.02. The minimum Gasteiger partial charge on any atom is -0.479 e. The van der Waals surface area contributed by atoms with Crippen molar-refractivity contribution in [2.45, 2.75) is 95.5 Å². The zero-order valence-corrected chi connectivity index (χ0v) is 28.8. The van der Waals surface area contributed by atoms with E-state index >= 15 is 0 Å². The quantitative estimate of drug-likeness (QED) is 0.209. The van der Waals surface area contributed by atoms with Crippen LogP contribution in [-0.4, -0.2) is 82.0 Å². The Morgan fingerprint density at radius 2 is 1.70 bits per heavy atom. The highest BCUT2D eigenvalue weighted by molar-refractivity contribution is 6.00. The molecule has 1 aliphatic heterocycles. The molecule has 2 saturated carbocycles. The molecule has 0 spiro atoms. The van der Waals surface area contributed by atoms with Gasteiger partial charge in [0.25, 0.3) is 0 Å². The van der Waals surface area contributed by atoms with Crippen LogP contribution in [0.1, 0.15) is 65.7 Å². The number of carboxylic acids is 1. The smallest absolute Gasteiger partial charge is 0.411 e. The number of aliphatic carboxylic acids is 1. The molecule has 13 heteroatoms. The zero-order valence-electron chi connectivity index (χ0n) is 28.8. The lowest BCUT2D eigenvalue weighted by atomic mass is 9.83. The average Bonchev–Trinajstić information content (AvgIpc) is 3.65. The van der Waals surface area contributed by atoms with Gasteiger partial charge in [-0.25, -0.2) is 9.59 Å². The van der Waals surface area contributed by atoms with Crippen LogP contribution in [0.4, 0.5) is 10.5 Å². The molecule has 6 atom stereocenters. The van der Waals surface area contributed by atoms with Crippen LogP contribution < -0.4 is 21.3 Å². The number of ether oxygens (including phenoxy) is 1. The summed E-state index contributed by atoms with van der Waals surface area (Å²) < 4.78 is 5.75. The van der Waals surface area contributed by atoms with Crippen molar-refractivity contribution in [3.05, 3.63) is 55.1 Å². The summed E-state index contributed by atoms with van der Waals surface area (Å²) in [7, 11) is 0. The fourth-order valence-electron chi connectivity index (χ4n) is 7.34. The molecule has 0 unspecified atom stereocenters. The second-order valence-corrected chi connectivity index (χ2v) is 14.0. The second-order valence-electron chi connectivity index (χ2n) is 14.0. The number of nitrogens with one attached hydrogen (secondary N) is 4. The number of nitrogens with zero attached hydrogens (tertiary/aromatic N) is 1. The van der Waals surface area contributed by atoms with E-state index in [-0.39, 0.29) is 31.2 Å². The number of carboxylic acid groups (broad SMARTS) is 1. The van der Waals surface area contributed by atoms with Gasteiger partial charge < -0.3 is 30.7 Å². The van der Waals surface area contributed by atoms with Crippen molar-refractivity contribution >= 4 is 52.2 Å². The van der Waals surface area contributed by atoms with E-state index in [0.29, 0.717) is 5.69 Å². The van der Waals surface area contributed by atoms with Crippen LogP contribution in [0.2, 0.25) is 0 Å². The number of fused-ring (bicyclic) bond motifs is 1. The molecule has 13 nitrogen and oxygen atoms in total. The predicted octanol–water partition coefficient (Wildman–Crippen LogP) is 3.73. The second kappa shape index (κ2) is 15.3. The van der Waals surface area contributed by atoms with E-state index in [2.05, 4.69) is 27.8 Å². The third kappa shape index (κ3) is 7.92. The summed E-state index contributed by atoms with van der Waals surface area (Å²) in [5.74, 6) is -4.34. The van der Waals surface area contributed by atoms with E-state index in [9.17, 15) is 33.9 Å². The zero-order chi connectivity index (χ0) is 36.2. The van der Waals surface area contributed by atoms with Crippen molar-refractivity contribution in [2.75, 3.05) is 11.9 Å². The predicted molar refractivity (Wildman–Crippen MR) is 186 cm³/mol. The van der Waals surface area contributed by atoms with Gasteiger partial charge in [-0.1, -0.05) is 75.6 Å². The third-order valence-electron chi connectivity index (χ3n) is 10.2. The third-order valence-corrected chi connectivity index (χ3v) is 10.2. The van der Waals surface area contributed by atoms with Gasteiger partial charge in [0.2, 0.25) is 23.6 Å². The summed E-state index contributed by atoms with van der Waals surface area (Å²) in [4.78, 5) is 80.5. The van der Waals surface area contributed by atoms with Crippen LogP contribution in [0.15, 0.2) is 55.1 Å². The van der Waals surface area contributed by atoms with Crippen molar-refractivity contribution < 1.29 is 38.6 Å². The van der Waals surface area contributed by atoms with Crippen LogP contribution >= 0.6 is 0 Å². The highest BCUT2D eigenvalue weighted by atomic mass is 16.6. The van der Waals surface area contributed by atoms with Crippen molar-refractivity contribution in [2.24, 2.45) is 17.8 Å². The van der Waals surface area contributed by atoms with Crippen molar-refractivity contribution in [1.82, 2.24) is 20.9 Å². The summed E-state index contributed by atoms with van der Waals surface area (Å²) in [5, 5.41) is 22.7. The molecule has 5 rings (SSSR count). The van der Waals surface area contributed by atoms with E-state index in [4.69, 9.17) is 4.74 Å². The first-order chi connectivity index (χ1) is 23.8. The molecule has 2 aliphatic carbocycles. The fourth-order valence-corrected chi connectivity index (χ4v) is 7.34. The van der Waals surface area contributed by atoms with Crippen LogP contribution in [0.5, 0.6) is 0 Å². The number of likely N-dealkylation sites (tertiary alicyclic amines) is 1. The number of benzene rings is 2. The molecule has 5 N–H and O–H groups in total. The van der Waals surface area contributed by atoms with E-state index < -0.39 is 71.4 Å². The van der Waals surface area contributed by atoms with Gasteiger partial charge >= 0.3 is 12.1 Å². The normalized spacial score (nSPS) is 24.5. The Labute approximate surface area is 291 Å². The number of carbonyl (C=O) groups is 6. The maximum absolute atomic E-state index is 14.3. The lowest BCUT2D eigenvalue weighted by molar-refractivity contribution is -0.146. The monoisotopic (exact) mass is 689 g/mol. The van der Waals surface area contributed by atoms with Gasteiger partial charge in [0.05, 0.1) is 12.2 Å². The SMILES string of the molecule is C=C[C@@H]1C[C@]1(NC(=O)[C@@H]1C[C@@H](OC(=O)Nc2cccc3ccccc23)CN1C(=O)[C@@H](NC(=O)[C@@H](NC(C)=O)C1CCCCC1)C(C)C)C(=O)O. The fraction of sp³-hybridized carbons (Fsp3) is 0.514. The molecule has 0 bridgehead atoms. The van der Waals surface area contributed by atoms with Crippen LogP contribution in [-0.2, 0) is 28.7 Å². The summed E-state index contributed by atoms with van der Waals surface area (Å²) in [6, 6.07) is 9.84. The lowest BCUT2D eigenvalue weighted by Gasteiger charge is -2.34. The standard InChI is InChI=1S/C37H47N5O8/c1-5-25-19-37(25,35(47)48)41-32(44)29-18-26(50-36(49)39-28-17-11-15-23-12-9-10-16-27(23)28)20-42(29)34(46)30(21(2)3)40-33(45)31(38-22(4)43)24-13-7-6-8-14-24/h5,9-12,15-17,21,24-26,29-31H,1,6-8,13-14,18-20H2,2-4H3,(H,38,43)(H,39,49)(H,40,45)(H,41,44)(H,47,48)/t25-,26-,29+,30+,31+,37-/m1/s1. The van der Waals surface area contributed by atoms with Crippen molar-refractivity contribution in [3.63, 3.8) is 0 Å². The molecule has 0 aromatic heterocycles. The topological polar surface area (TPSA) is 183 Å². The molecule has 2 aromatic rings. The van der Waals surface area contributed by atoms with Crippen molar-refractivity contribution in [3.8, 4) is 0 Å². The Balaban J connectivity index is 1.36. The molecule has 50 heavy (non-hydrogen) atoms. The molecule has 1 heterocycles. The number of hydrogen-bond donors (Lipinski definition) is 5. The summed E-state index contributed by atoms with van der Waals surface area (Å²) >= 11 is 0. The Hall–Kier alpha value is -4.94. The Morgan fingerprint density at radius 3 is 2.34 bits per heavy atom. The molecule has 0 radical (unpaired) electrons. The maximum atomic E-state index is 14.3. The van der Waals surface area contributed by atoms with E-state index in [1.807, 2.05) is 30.3 Å². The molecule has 268 valence electrons. The largest absolute Gasteiger partial charge is 0.479 e. The van der Waals surface area contributed by atoms with Gasteiger partial charge in [0, 0.05) is 24.6 Å². The number of anilines is 1. The number of carbonyl (C=O) groups excluding carboxylic acids is 5. The highest BCUT2D eigenvalue weighted by Gasteiger charge is 2.61. The van der Waals surface area contributed by atoms with Gasteiger partial charge in [0.1, 0.15) is 29.8 Å². The van der Waals surface area contributed by atoms with E-state index in [1.54, 1.807) is 26.0 Å². The number of amides is 5. The molecular formula is C37H47N5O8. The first-order valence-electron chi connectivity index (χ1n) is 17.4. The number of rotatable bonds is 12. The maximum Gasteiger partial charge on any atom is 0.411 e. The van der Waals surface area contributed by atoms with Crippen LogP contribution in [0.25, 0.3) is 10.8 Å². The highest BCUT2D eigenvalue weighted by Crippen LogP contribution is 2.45. The van der Waals surface area contributed by atoms with Crippen LogP contribution in [0.3, 0.4) is 0 Å². The first-order valence-corrected chi connectivity index (χ1v) is 17.4.